The Kier molecular flexibility index (Phi) is 3.90. The van der Waals surface area contributed by atoms with Gasteiger partial charge in [-0.3, -0.25) is 9.89 Å². The van der Waals surface area contributed by atoms with E-state index in [1.165, 1.54) is 0 Å². The molecule has 19 heavy (non-hydrogen) atoms. The molecule has 0 bridgehead atoms. The number of amides is 1. The van der Waals surface area contributed by atoms with Crippen molar-refractivity contribution in [3.63, 3.8) is 0 Å². The molecular weight excluding hydrogens is 308 g/mol. The summed E-state index contributed by atoms with van der Waals surface area (Å²) in [5.74, 6) is 0.426. The topological polar surface area (TPSA) is 83.8 Å². The number of nitrogen functional groups attached to an aromatic ring is 1. The van der Waals surface area contributed by atoms with Crippen LogP contribution in [0.1, 0.15) is 28.4 Å². The van der Waals surface area contributed by atoms with Gasteiger partial charge in [-0.1, -0.05) is 22.9 Å². The third-order valence-electron chi connectivity index (χ3n) is 2.99. The second-order valence-corrected chi connectivity index (χ2v) is 5.16. The number of hydrogen-bond donors (Lipinski definition) is 3. The van der Waals surface area contributed by atoms with E-state index in [-0.39, 0.29) is 5.91 Å². The maximum absolute atomic E-state index is 12.3. The van der Waals surface area contributed by atoms with Crippen molar-refractivity contribution in [2.45, 2.75) is 20.3 Å². The molecule has 0 spiro atoms. The van der Waals surface area contributed by atoms with Crippen molar-refractivity contribution in [2.75, 3.05) is 11.1 Å². The summed E-state index contributed by atoms with van der Waals surface area (Å²) in [6, 6.07) is 3.53. The molecule has 0 fully saturated rings. The summed E-state index contributed by atoms with van der Waals surface area (Å²) in [6.07, 6.45) is 2.50. The van der Waals surface area contributed by atoms with E-state index in [4.69, 9.17) is 5.73 Å². The van der Waals surface area contributed by atoms with Gasteiger partial charge in [0.2, 0.25) is 0 Å². The molecule has 1 heterocycles. The van der Waals surface area contributed by atoms with Gasteiger partial charge >= 0.3 is 0 Å². The van der Waals surface area contributed by atoms with Gasteiger partial charge in [0, 0.05) is 21.3 Å². The van der Waals surface area contributed by atoms with Gasteiger partial charge in [-0.15, -0.1) is 0 Å². The molecule has 0 saturated carbocycles. The molecule has 4 N–H and O–H groups in total. The number of halogens is 1. The van der Waals surface area contributed by atoms with Crippen LogP contribution in [0.2, 0.25) is 0 Å². The molecule has 1 aromatic heterocycles. The summed E-state index contributed by atoms with van der Waals surface area (Å²) in [5, 5.41) is 9.52. The average Bonchev–Trinajstić information content (AvgIpc) is 2.80. The highest BCUT2D eigenvalue weighted by molar-refractivity contribution is 9.10. The van der Waals surface area contributed by atoms with Gasteiger partial charge in [0.05, 0.1) is 6.20 Å². The third-order valence-corrected chi connectivity index (χ3v) is 3.45. The number of nitrogens with two attached hydrogens (primary N) is 1. The molecule has 100 valence electrons. The highest BCUT2D eigenvalue weighted by Gasteiger charge is 2.14. The number of nitrogens with zero attached hydrogens (tertiary/aromatic N) is 1. The molecule has 5 nitrogen and oxygen atoms in total. The summed E-state index contributed by atoms with van der Waals surface area (Å²) in [6.45, 7) is 3.83. The smallest absolute Gasteiger partial charge is 0.257 e. The molecule has 0 aliphatic rings. The lowest BCUT2D eigenvalue weighted by atomic mass is 10.1. The largest absolute Gasteiger partial charge is 0.398 e. The minimum Gasteiger partial charge on any atom is -0.398 e. The Morgan fingerprint density at radius 1 is 1.53 bits per heavy atom. The zero-order valence-corrected chi connectivity index (χ0v) is 12.3. The standard InChI is InChI=1S/C13H15BrN4O/c1-3-8-6-16-18-12(8)17-13(19)10-4-9(14)5-11(15)7(10)2/h4-6H,3,15H2,1-2H3,(H2,16,17,18,19). The Hall–Kier alpha value is -1.82. The normalized spacial score (nSPS) is 10.5. The maximum atomic E-state index is 12.3. The van der Waals surface area contributed by atoms with E-state index in [1.807, 2.05) is 13.8 Å². The Labute approximate surface area is 119 Å². The first kappa shape index (κ1) is 13.6. The van der Waals surface area contributed by atoms with Gasteiger partial charge in [-0.2, -0.15) is 5.10 Å². The first-order chi connectivity index (χ1) is 9.02. The minimum absolute atomic E-state index is 0.204. The van der Waals surface area contributed by atoms with Crippen molar-refractivity contribution in [3.8, 4) is 0 Å². The van der Waals surface area contributed by atoms with Crippen molar-refractivity contribution in [3.05, 3.63) is 39.5 Å². The van der Waals surface area contributed by atoms with E-state index in [9.17, 15) is 4.79 Å². The van der Waals surface area contributed by atoms with E-state index in [0.29, 0.717) is 17.1 Å². The Balaban J connectivity index is 2.30. The van der Waals surface area contributed by atoms with Gasteiger partial charge in [-0.25, -0.2) is 0 Å². The lowest BCUT2D eigenvalue weighted by Crippen LogP contribution is -2.15. The molecule has 1 aromatic carbocycles. The Morgan fingerprint density at radius 3 is 2.95 bits per heavy atom. The SMILES string of the molecule is CCc1cn[nH]c1NC(=O)c1cc(Br)cc(N)c1C. The van der Waals surface area contributed by atoms with Crippen LogP contribution in [0.5, 0.6) is 0 Å². The number of hydrogen-bond acceptors (Lipinski definition) is 3. The molecular formula is C13H15BrN4O. The fraction of sp³-hybridized carbons (Fsp3) is 0.231. The van der Waals surface area contributed by atoms with E-state index in [0.717, 1.165) is 22.0 Å². The van der Waals surface area contributed by atoms with Crippen molar-refractivity contribution in [1.29, 1.82) is 0 Å². The van der Waals surface area contributed by atoms with Crippen LogP contribution in [0.4, 0.5) is 11.5 Å². The zero-order chi connectivity index (χ0) is 14.0. The summed E-state index contributed by atoms with van der Waals surface area (Å²) in [4.78, 5) is 12.3. The lowest BCUT2D eigenvalue weighted by molar-refractivity contribution is 0.102. The first-order valence-electron chi connectivity index (χ1n) is 5.92. The number of H-pyrrole nitrogens is 1. The van der Waals surface area contributed by atoms with E-state index >= 15 is 0 Å². The molecule has 0 aliphatic carbocycles. The fourth-order valence-corrected chi connectivity index (χ4v) is 2.28. The van der Waals surface area contributed by atoms with Crippen molar-refractivity contribution in [2.24, 2.45) is 0 Å². The van der Waals surface area contributed by atoms with Crippen LogP contribution in [0.3, 0.4) is 0 Å². The number of benzene rings is 1. The molecule has 0 radical (unpaired) electrons. The second-order valence-electron chi connectivity index (χ2n) is 4.25. The van der Waals surface area contributed by atoms with Crippen LogP contribution in [0.15, 0.2) is 22.8 Å². The number of aromatic nitrogens is 2. The summed E-state index contributed by atoms with van der Waals surface area (Å²) in [7, 11) is 0. The number of carbonyl (C=O) groups is 1. The van der Waals surface area contributed by atoms with Crippen molar-refractivity contribution < 1.29 is 4.79 Å². The van der Waals surface area contributed by atoms with Crippen LogP contribution >= 0.6 is 15.9 Å². The highest BCUT2D eigenvalue weighted by Crippen LogP contribution is 2.24. The number of aromatic amines is 1. The van der Waals surface area contributed by atoms with Crippen LogP contribution in [-0.2, 0) is 6.42 Å². The number of carbonyl (C=O) groups excluding carboxylic acids is 1. The molecule has 0 unspecified atom stereocenters. The van der Waals surface area contributed by atoms with Gasteiger partial charge < -0.3 is 11.1 Å². The van der Waals surface area contributed by atoms with E-state index < -0.39 is 0 Å². The number of aryl methyl sites for hydroxylation is 1. The van der Waals surface area contributed by atoms with E-state index in [1.54, 1.807) is 18.3 Å². The molecule has 6 heteroatoms. The van der Waals surface area contributed by atoms with E-state index in [2.05, 4.69) is 31.4 Å². The predicted molar refractivity (Wildman–Crippen MR) is 79.2 cm³/mol. The zero-order valence-electron chi connectivity index (χ0n) is 10.7. The van der Waals surface area contributed by atoms with Crippen LogP contribution in [0.25, 0.3) is 0 Å². The molecule has 0 atom stereocenters. The van der Waals surface area contributed by atoms with Crippen LogP contribution < -0.4 is 11.1 Å². The van der Waals surface area contributed by atoms with Crippen LogP contribution in [0, 0.1) is 6.92 Å². The molecule has 0 aliphatic heterocycles. The number of nitrogens with one attached hydrogen (secondary N) is 2. The number of rotatable bonds is 3. The minimum atomic E-state index is -0.204. The van der Waals surface area contributed by atoms with Crippen molar-refractivity contribution >= 4 is 33.3 Å². The third kappa shape index (κ3) is 2.78. The Morgan fingerprint density at radius 2 is 2.26 bits per heavy atom. The average molecular weight is 323 g/mol. The predicted octanol–water partition coefficient (Wildman–Crippen LogP) is 2.88. The molecule has 2 aromatic rings. The molecule has 1 amide bonds. The van der Waals surface area contributed by atoms with Gasteiger partial charge in [0.25, 0.3) is 5.91 Å². The summed E-state index contributed by atoms with van der Waals surface area (Å²) in [5.41, 5.74) is 8.72. The Bertz CT molecular complexity index is 621. The monoisotopic (exact) mass is 322 g/mol. The van der Waals surface area contributed by atoms with Gasteiger partial charge in [-0.05, 0) is 31.0 Å². The molecule has 2 rings (SSSR count). The highest BCUT2D eigenvalue weighted by atomic mass is 79.9. The lowest BCUT2D eigenvalue weighted by Gasteiger charge is -2.10. The maximum Gasteiger partial charge on any atom is 0.257 e. The molecule has 0 saturated heterocycles. The van der Waals surface area contributed by atoms with Crippen molar-refractivity contribution in [1.82, 2.24) is 10.2 Å². The summed E-state index contributed by atoms with van der Waals surface area (Å²) >= 11 is 3.34. The quantitative estimate of drug-likeness (QED) is 0.760. The van der Waals surface area contributed by atoms with Gasteiger partial charge in [0.1, 0.15) is 5.82 Å². The van der Waals surface area contributed by atoms with Gasteiger partial charge in [0.15, 0.2) is 0 Å². The second kappa shape index (κ2) is 5.44. The summed E-state index contributed by atoms with van der Waals surface area (Å²) < 4.78 is 0.779. The number of anilines is 2. The first-order valence-corrected chi connectivity index (χ1v) is 6.71. The fourth-order valence-electron chi connectivity index (χ4n) is 1.80. The van der Waals surface area contributed by atoms with Crippen LogP contribution in [-0.4, -0.2) is 16.1 Å².